The van der Waals surface area contributed by atoms with Crippen molar-refractivity contribution in [2.45, 2.75) is 96.1 Å². The van der Waals surface area contributed by atoms with Crippen LogP contribution in [0.5, 0.6) is 11.6 Å². The third-order valence-electron chi connectivity index (χ3n) is 6.76. The van der Waals surface area contributed by atoms with Gasteiger partial charge in [-0.2, -0.15) is 5.10 Å². The molecule has 7 heteroatoms. The van der Waals surface area contributed by atoms with Crippen LogP contribution in [0.25, 0.3) is 11.1 Å². The van der Waals surface area contributed by atoms with Gasteiger partial charge in [-0.15, -0.1) is 29.9 Å². The van der Waals surface area contributed by atoms with Crippen molar-refractivity contribution in [1.29, 1.82) is 0 Å². The summed E-state index contributed by atoms with van der Waals surface area (Å²) in [5, 5.41) is 12.5. The minimum Gasteiger partial charge on any atom is -0.490 e. The predicted molar refractivity (Wildman–Crippen MR) is 144 cm³/mol. The number of aryl methyl sites for hydroxylation is 1. The van der Waals surface area contributed by atoms with Gasteiger partial charge in [-0.3, -0.25) is 0 Å². The van der Waals surface area contributed by atoms with Crippen LogP contribution in [0.4, 0.5) is 0 Å². The van der Waals surface area contributed by atoms with Gasteiger partial charge in [0.1, 0.15) is 5.75 Å². The van der Waals surface area contributed by atoms with Gasteiger partial charge in [0.25, 0.3) is 0 Å². The summed E-state index contributed by atoms with van der Waals surface area (Å²) in [5.74, 6) is 1.59. The molecule has 5 nitrogen and oxygen atoms in total. The molecule has 0 unspecified atom stereocenters. The maximum atomic E-state index is 6.22. The second-order valence-corrected chi connectivity index (χ2v) is 9.33. The van der Waals surface area contributed by atoms with E-state index in [9.17, 15) is 0 Å². The average molecular weight is 511 g/mol. The number of nitrogens with one attached hydrogen (secondary N) is 1. The highest BCUT2D eigenvalue weighted by molar-refractivity contribution is 5.85. The number of hydrogen-bond acceptors (Lipinski definition) is 5. The lowest BCUT2D eigenvalue weighted by atomic mass is 9.97. The number of ether oxygens (including phenoxy) is 2. The molecule has 1 aromatic heterocycles. The number of hydrogen-bond donors (Lipinski definition) is 1. The van der Waals surface area contributed by atoms with Crippen LogP contribution < -0.4 is 14.8 Å². The molecule has 1 saturated heterocycles. The standard InChI is InChI=1S/C27H39N3O2.2ClH/c1-2-3-12-26-25(20-27(30-29-26)31-19-17-22-9-7-8-18-28-22)21-13-15-24(16-14-21)32-23-10-5-4-6-11-23;;/h13-16,20,22-23,28H,2-12,17-19H2,1H3;2*1H/t22-;;/m1../s1. The van der Waals surface area contributed by atoms with E-state index in [0.29, 0.717) is 24.6 Å². The van der Waals surface area contributed by atoms with Crippen LogP contribution >= 0.6 is 24.8 Å². The van der Waals surface area contributed by atoms with Crippen molar-refractivity contribution in [3.05, 3.63) is 36.0 Å². The summed E-state index contributed by atoms with van der Waals surface area (Å²) < 4.78 is 12.2. The van der Waals surface area contributed by atoms with Crippen molar-refractivity contribution in [2.75, 3.05) is 13.2 Å². The van der Waals surface area contributed by atoms with E-state index in [0.717, 1.165) is 54.8 Å². The van der Waals surface area contributed by atoms with Crippen LogP contribution in [-0.2, 0) is 6.42 Å². The number of unbranched alkanes of at least 4 members (excludes halogenated alkanes) is 1. The summed E-state index contributed by atoms with van der Waals surface area (Å²) in [6.45, 7) is 4.01. The minimum atomic E-state index is 0. The molecule has 1 saturated carbocycles. The molecule has 1 aliphatic carbocycles. The molecule has 1 N–H and O–H groups in total. The first-order valence-corrected chi connectivity index (χ1v) is 12.8. The first-order chi connectivity index (χ1) is 15.8. The Kier molecular flexibility index (Phi) is 13.0. The Labute approximate surface area is 217 Å². The highest BCUT2D eigenvalue weighted by Crippen LogP contribution is 2.30. The van der Waals surface area contributed by atoms with Gasteiger partial charge in [-0.25, -0.2) is 0 Å². The lowest BCUT2D eigenvalue weighted by Crippen LogP contribution is -2.35. The number of halogens is 2. The zero-order valence-electron chi connectivity index (χ0n) is 20.5. The molecule has 0 amide bonds. The summed E-state index contributed by atoms with van der Waals surface area (Å²) in [6, 6.07) is 11.1. The van der Waals surface area contributed by atoms with Crippen molar-refractivity contribution >= 4 is 24.8 Å². The highest BCUT2D eigenvalue weighted by atomic mass is 35.5. The van der Waals surface area contributed by atoms with Gasteiger partial charge in [0, 0.05) is 17.7 Å². The number of nitrogens with zero attached hydrogens (tertiary/aromatic N) is 2. The lowest BCUT2D eigenvalue weighted by molar-refractivity contribution is 0.155. The smallest absolute Gasteiger partial charge is 0.234 e. The van der Waals surface area contributed by atoms with Gasteiger partial charge >= 0.3 is 0 Å². The average Bonchev–Trinajstić information content (AvgIpc) is 2.85. The maximum Gasteiger partial charge on any atom is 0.234 e. The third kappa shape index (κ3) is 8.58. The molecule has 2 fully saturated rings. The number of benzene rings is 1. The second-order valence-electron chi connectivity index (χ2n) is 9.33. The molecule has 34 heavy (non-hydrogen) atoms. The molecule has 0 spiro atoms. The first kappa shape index (κ1) is 28.7. The van der Waals surface area contributed by atoms with E-state index >= 15 is 0 Å². The van der Waals surface area contributed by atoms with Crippen LogP contribution in [0.3, 0.4) is 0 Å². The Hall–Kier alpha value is -1.56. The second kappa shape index (κ2) is 15.4. The Morgan fingerprint density at radius 1 is 0.941 bits per heavy atom. The van der Waals surface area contributed by atoms with Crippen molar-refractivity contribution in [2.24, 2.45) is 0 Å². The van der Waals surface area contributed by atoms with E-state index < -0.39 is 0 Å². The fourth-order valence-corrected chi connectivity index (χ4v) is 4.81. The number of rotatable bonds is 10. The van der Waals surface area contributed by atoms with E-state index in [4.69, 9.17) is 9.47 Å². The minimum absolute atomic E-state index is 0. The van der Waals surface area contributed by atoms with Crippen LogP contribution in [0.2, 0.25) is 0 Å². The highest BCUT2D eigenvalue weighted by Gasteiger charge is 2.16. The Morgan fingerprint density at radius 3 is 2.41 bits per heavy atom. The van der Waals surface area contributed by atoms with Crippen molar-refractivity contribution in [3.63, 3.8) is 0 Å². The molecule has 2 aromatic rings. The fourth-order valence-electron chi connectivity index (χ4n) is 4.81. The van der Waals surface area contributed by atoms with E-state index in [1.165, 1.54) is 51.4 Å². The quantitative estimate of drug-likeness (QED) is 0.375. The topological polar surface area (TPSA) is 56.3 Å². The van der Waals surface area contributed by atoms with Crippen LogP contribution in [0.1, 0.15) is 83.2 Å². The van der Waals surface area contributed by atoms with E-state index in [2.05, 4.69) is 52.8 Å². The number of piperidine rings is 1. The van der Waals surface area contributed by atoms with E-state index in [-0.39, 0.29) is 24.8 Å². The summed E-state index contributed by atoms with van der Waals surface area (Å²) in [5.41, 5.74) is 3.33. The van der Waals surface area contributed by atoms with Gasteiger partial charge in [0.15, 0.2) is 0 Å². The van der Waals surface area contributed by atoms with Gasteiger partial charge < -0.3 is 14.8 Å². The van der Waals surface area contributed by atoms with Gasteiger partial charge in [0.2, 0.25) is 5.88 Å². The van der Waals surface area contributed by atoms with E-state index in [1.54, 1.807) is 0 Å². The van der Waals surface area contributed by atoms with Crippen molar-refractivity contribution < 1.29 is 9.47 Å². The molecule has 0 radical (unpaired) electrons. The Morgan fingerprint density at radius 2 is 1.71 bits per heavy atom. The molecule has 190 valence electrons. The Balaban J connectivity index is 0.00000204. The van der Waals surface area contributed by atoms with Crippen molar-refractivity contribution in [3.8, 4) is 22.8 Å². The lowest BCUT2D eigenvalue weighted by Gasteiger charge is -2.23. The molecule has 2 aliphatic rings. The molecule has 1 aromatic carbocycles. The van der Waals surface area contributed by atoms with Gasteiger partial charge in [0.05, 0.1) is 18.4 Å². The molecule has 1 atom stereocenters. The van der Waals surface area contributed by atoms with Crippen LogP contribution in [0, 0.1) is 0 Å². The summed E-state index contributed by atoms with van der Waals surface area (Å²) in [4.78, 5) is 0. The summed E-state index contributed by atoms with van der Waals surface area (Å²) in [6.07, 6.45) is 14.7. The van der Waals surface area contributed by atoms with Crippen LogP contribution in [-0.4, -0.2) is 35.5 Å². The molecule has 4 rings (SSSR count). The summed E-state index contributed by atoms with van der Waals surface area (Å²) in [7, 11) is 0. The molecule has 1 aliphatic heterocycles. The van der Waals surface area contributed by atoms with Crippen molar-refractivity contribution in [1.82, 2.24) is 15.5 Å². The van der Waals surface area contributed by atoms with Gasteiger partial charge in [-0.05, 0) is 82.0 Å². The number of aromatic nitrogens is 2. The SMILES string of the molecule is CCCCc1nnc(OCC[C@H]2CCCCN2)cc1-c1ccc(OC2CCCCC2)cc1.Cl.Cl. The Bertz CT molecular complexity index is 823. The largest absolute Gasteiger partial charge is 0.490 e. The maximum absolute atomic E-state index is 6.22. The molecular formula is C27H41Cl2N3O2. The first-order valence-electron chi connectivity index (χ1n) is 12.8. The third-order valence-corrected chi connectivity index (χ3v) is 6.76. The summed E-state index contributed by atoms with van der Waals surface area (Å²) >= 11 is 0. The fraction of sp³-hybridized carbons (Fsp3) is 0.630. The normalized spacial score (nSPS) is 18.4. The zero-order valence-corrected chi connectivity index (χ0v) is 22.1. The van der Waals surface area contributed by atoms with Crippen LogP contribution in [0.15, 0.2) is 30.3 Å². The molecule has 0 bridgehead atoms. The predicted octanol–water partition coefficient (Wildman–Crippen LogP) is 6.95. The van der Waals surface area contributed by atoms with Gasteiger partial charge in [-0.1, -0.05) is 38.3 Å². The molecular weight excluding hydrogens is 469 g/mol. The van der Waals surface area contributed by atoms with E-state index in [1.807, 2.05) is 0 Å². The monoisotopic (exact) mass is 509 g/mol. The zero-order chi connectivity index (χ0) is 22.0. The molecule has 2 heterocycles.